The van der Waals surface area contributed by atoms with Crippen molar-refractivity contribution in [3.8, 4) is 0 Å². The number of unbranched alkanes of at least 4 members (excludes halogenated alkanes) is 2. The second kappa shape index (κ2) is 13.4. The Balaban J connectivity index is 1.55. The second-order valence-electron chi connectivity index (χ2n) is 11.9. The number of esters is 1. The number of nitrogens with one attached hydrogen (secondary N) is 1. The molecule has 2 N–H and O–H groups in total. The van der Waals surface area contributed by atoms with E-state index >= 15 is 0 Å². The molecule has 0 aliphatic carbocycles. The lowest BCUT2D eigenvalue weighted by Crippen LogP contribution is -2.56. The Hall–Kier alpha value is -3.50. The van der Waals surface area contributed by atoms with E-state index in [9.17, 15) is 24.3 Å². The van der Waals surface area contributed by atoms with Crippen LogP contribution in [0, 0.1) is 11.8 Å². The standard InChI is InChI=1S/C33H43N3O7/c1-3-4-18-35-19-10-6-9-15-25(38)34-22(2)28(23-13-7-5-8-14-23)42-32(41)26-24-16-17-33(43-24)27(26)30(39)36(20-11-12-21-37)29(33)31(35)40/h5-8,10,13-14,16-17,22,24,26-29,37H,3-4,9,11-12,15,18-21H2,1-2H3,(H,34,38)/b10-6-/t22-,24+,26-,27-,28+,29+,33-/m1/s1. The molecule has 10 nitrogen and oxygen atoms in total. The summed E-state index contributed by atoms with van der Waals surface area (Å²) >= 11 is 0. The van der Waals surface area contributed by atoms with E-state index in [2.05, 4.69) is 12.2 Å². The van der Waals surface area contributed by atoms with E-state index in [1.165, 1.54) is 0 Å². The fourth-order valence-electron chi connectivity index (χ4n) is 6.91. The lowest BCUT2D eigenvalue weighted by atomic mass is 9.74. The summed E-state index contributed by atoms with van der Waals surface area (Å²) in [7, 11) is 0. The van der Waals surface area contributed by atoms with Crippen molar-refractivity contribution in [3.05, 3.63) is 60.2 Å². The summed E-state index contributed by atoms with van der Waals surface area (Å²) in [5.41, 5.74) is -0.565. The summed E-state index contributed by atoms with van der Waals surface area (Å²) in [6.07, 6.45) is 9.29. The van der Waals surface area contributed by atoms with Gasteiger partial charge in [0.2, 0.25) is 17.7 Å². The van der Waals surface area contributed by atoms with Crippen LogP contribution in [-0.4, -0.2) is 88.6 Å². The van der Waals surface area contributed by atoms with Crippen molar-refractivity contribution in [1.82, 2.24) is 15.1 Å². The summed E-state index contributed by atoms with van der Waals surface area (Å²) in [6.45, 7) is 4.94. The highest BCUT2D eigenvalue weighted by Crippen LogP contribution is 2.56. The monoisotopic (exact) mass is 593 g/mol. The number of carbonyl (C=O) groups excluding carboxylic acids is 4. The van der Waals surface area contributed by atoms with Crippen molar-refractivity contribution in [2.45, 2.75) is 82.3 Å². The van der Waals surface area contributed by atoms with Crippen LogP contribution < -0.4 is 5.32 Å². The number of hydrogen-bond donors (Lipinski definition) is 2. The SMILES string of the molecule is CCCCN1C/C=C\CCC(=O)N[C@H](C)[C@@H](c2ccccc2)OC(=O)[C@@H]2[C@@H]3C=C[C@]4(O3)[C@H](C1=O)N(CCCCO)C(=O)[C@@H]24. The maximum atomic E-state index is 14.4. The highest BCUT2D eigenvalue weighted by atomic mass is 16.6. The molecule has 0 aromatic heterocycles. The van der Waals surface area contributed by atoms with E-state index in [-0.39, 0.29) is 37.3 Å². The Morgan fingerprint density at radius 1 is 1.02 bits per heavy atom. The third-order valence-corrected chi connectivity index (χ3v) is 9.02. The predicted molar refractivity (Wildman–Crippen MR) is 158 cm³/mol. The number of ether oxygens (including phenoxy) is 2. The van der Waals surface area contributed by atoms with Crippen LogP contribution in [0.1, 0.15) is 64.0 Å². The van der Waals surface area contributed by atoms with Crippen LogP contribution >= 0.6 is 0 Å². The first-order valence-electron chi connectivity index (χ1n) is 15.6. The molecule has 4 aliphatic rings. The van der Waals surface area contributed by atoms with E-state index < -0.39 is 47.7 Å². The molecule has 2 saturated heterocycles. The number of amides is 3. The van der Waals surface area contributed by atoms with Crippen molar-refractivity contribution in [3.63, 3.8) is 0 Å². The number of hydrogen-bond acceptors (Lipinski definition) is 7. The van der Waals surface area contributed by atoms with Crippen LogP contribution in [0.15, 0.2) is 54.6 Å². The van der Waals surface area contributed by atoms with Crippen molar-refractivity contribution in [1.29, 1.82) is 0 Å². The summed E-state index contributed by atoms with van der Waals surface area (Å²) in [4.78, 5) is 58.8. The molecule has 0 unspecified atom stereocenters. The number of fused-ring (bicyclic) bond motifs is 2. The van der Waals surface area contributed by atoms with Gasteiger partial charge in [-0.15, -0.1) is 0 Å². The van der Waals surface area contributed by atoms with Crippen LogP contribution in [0.4, 0.5) is 0 Å². The fraction of sp³-hybridized carbons (Fsp3) is 0.576. The molecule has 5 rings (SSSR count). The third-order valence-electron chi connectivity index (χ3n) is 9.02. The average Bonchev–Trinajstić information content (AvgIpc) is 3.64. The minimum absolute atomic E-state index is 0.0222. The van der Waals surface area contributed by atoms with Crippen LogP contribution in [-0.2, 0) is 28.7 Å². The molecule has 2 fully saturated rings. The number of benzene rings is 1. The van der Waals surface area contributed by atoms with Gasteiger partial charge >= 0.3 is 5.97 Å². The lowest BCUT2D eigenvalue weighted by molar-refractivity contribution is -0.161. The molecule has 10 heteroatoms. The van der Waals surface area contributed by atoms with Gasteiger partial charge in [0, 0.05) is 32.7 Å². The number of nitrogens with zero attached hydrogens (tertiary/aromatic N) is 2. The molecule has 1 aromatic carbocycles. The Morgan fingerprint density at radius 3 is 2.56 bits per heavy atom. The Labute approximate surface area is 253 Å². The molecule has 3 amide bonds. The Morgan fingerprint density at radius 2 is 1.81 bits per heavy atom. The largest absolute Gasteiger partial charge is 0.455 e. The molecular weight excluding hydrogens is 550 g/mol. The lowest BCUT2D eigenvalue weighted by Gasteiger charge is -2.36. The number of likely N-dealkylation sites (tertiary alicyclic amines) is 1. The van der Waals surface area contributed by atoms with Gasteiger partial charge < -0.3 is 29.7 Å². The Bertz CT molecular complexity index is 1250. The highest BCUT2D eigenvalue weighted by molar-refractivity contribution is 5.99. The van der Waals surface area contributed by atoms with Gasteiger partial charge in [0.15, 0.2) is 0 Å². The molecule has 7 atom stereocenters. The molecule has 4 aliphatic heterocycles. The van der Waals surface area contributed by atoms with Crippen molar-refractivity contribution < 1.29 is 33.8 Å². The number of allylic oxidation sites excluding steroid dienone is 1. The van der Waals surface area contributed by atoms with Crippen molar-refractivity contribution in [2.24, 2.45) is 11.8 Å². The summed E-state index contributed by atoms with van der Waals surface area (Å²) in [5.74, 6) is -3.16. The van der Waals surface area contributed by atoms with E-state index in [1.54, 1.807) is 28.9 Å². The second-order valence-corrected chi connectivity index (χ2v) is 11.9. The average molecular weight is 594 g/mol. The number of rotatable bonds is 8. The highest BCUT2D eigenvalue weighted by Gasteiger charge is 2.73. The van der Waals surface area contributed by atoms with Gasteiger partial charge in [-0.25, -0.2) is 0 Å². The van der Waals surface area contributed by atoms with E-state index in [0.29, 0.717) is 32.4 Å². The number of carbonyl (C=O) groups is 4. The maximum Gasteiger partial charge on any atom is 0.313 e. The number of aliphatic hydroxyl groups is 1. The van der Waals surface area contributed by atoms with Gasteiger partial charge in [0.1, 0.15) is 23.7 Å². The Kier molecular flexibility index (Phi) is 9.66. The first kappa shape index (κ1) is 30.9. The zero-order chi connectivity index (χ0) is 30.6. The quantitative estimate of drug-likeness (QED) is 0.270. The van der Waals surface area contributed by atoms with Crippen LogP contribution in [0.5, 0.6) is 0 Å². The van der Waals surface area contributed by atoms with Gasteiger partial charge in [-0.1, -0.05) is 68.0 Å². The number of aliphatic hydroxyl groups excluding tert-OH is 1. The molecule has 1 aromatic rings. The molecule has 4 heterocycles. The smallest absolute Gasteiger partial charge is 0.313 e. The summed E-state index contributed by atoms with van der Waals surface area (Å²) in [5, 5.41) is 12.4. The van der Waals surface area contributed by atoms with Crippen LogP contribution in [0.25, 0.3) is 0 Å². The van der Waals surface area contributed by atoms with Gasteiger partial charge in [-0.05, 0) is 38.2 Å². The first-order valence-corrected chi connectivity index (χ1v) is 15.6. The van der Waals surface area contributed by atoms with Crippen molar-refractivity contribution in [2.75, 3.05) is 26.2 Å². The summed E-state index contributed by atoms with van der Waals surface area (Å²) < 4.78 is 12.6. The van der Waals surface area contributed by atoms with Gasteiger partial charge in [-0.2, -0.15) is 0 Å². The van der Waals surface area contributed by atoms with E-state index in [4.69, 9.17) is 9.47 Å². The molecule has 1 spiro atoms. The van der Waals surface area contributed by atoms with Crippen molar-refractivity contribution >= 4 is 23.7 Å². The minimum atomic E-state index is -1.29. The molecule has 0 radical (unpaired) electrons. The molecule has 0 saturated carbocycles. The molecule has 232 valence electrons. The number of cyclic esters (lactones) is 1. The van der Waals surface area contributed by atoms with E-state index in [0.717, 1.165) is 18.4 Å². The zero-order valence-corrected chi connectivity index (χ0v) is 25.0. The summed E-state index contributed by atoms with van der Waals surface area (Å²) in [6, 6.07) is 7.76. The predicted octanol–water partition coefficient (Wildman–Crippen LogP) is 2.68. The topological polar surface area (TPSA) is 125 Å². The molecular formula is C33H43N3O7. The van der Waals surface area contributed by atoms with E-state index in [1.807, 2.05) is 42.5 Å². The fourth-order valence-corrected chi connectivity index (χ4v) is 6.91. The van der Waals surface area contributed by atoms with Gasteiger partial charge in [0.25, 0.3) is 0 Å². The maximum absolute atomic E-state index is 14.4. The molecule has 43 heavy (non-hydrogen) atoms. The molecule has 5 bridgehead atoms. The van der Waals surface area contributed by atoms with Gasteiger partial charge in [0.05, 0.1) is 18.1 Å². The normalized spacial score (nSPS) is 33.5. The first-order chi connectivity index (χ1) is 20.8. The minimum Gasteiger partial charge on any atom is -0.455 e. The zero-order valence-electron chi connectivity index (χ0n) is 25.0. The van der Waals surface area contributed by atoms with Gasteiger partial charge in [-0.3, -0.25) is 19.2 Å². The van der Waals surface area contributed by atoms with Crippen LogP contribution in [0.3, 0.4) is 0 Å². The van der Waals surface area contributed by atoms with Crippen LogP contribution in [0.2, 0.25) is 0 Å². The third kappa shape index (κ3) is 5.99.